The van der Waals surface area contributed by atoms with Gasteiger partial charge in [-0.3, -0.25) is 0 Å². The lowest BCUT2D eigenvalue weighted by molar-refractivity contribution is 0.303. The molecule has 0 heterocycles. The molecule has 1 fully saturated rings. The second kappa shape index (κ2) is 4.96. The van der Waals surface area contributed by atoms with E-state index in [1.807, 2.05) is 12.1 Å². The molecular formula is C13H19ClN2. The van der Waals surface area contributed by atoms with Gasteiger partial charge in [-0.05, 0) is 37.0 Å². The average Bonchev–Trinajstić information content (AvgIpc) is 2.17. The standard InChI is InChI=1S/C13H19ClN2/c1-9-7-12(15)11(14)8-13(9)16-6-5-10-3-2-4-10/h7-8,10,16H,2-6,15H2,1H3. The molecule has 16 heavy (non-hydrogen) atoms. The zero-order chi connectivity index (χ0) is 11.5. The Morgan fingerprint density at radius 1 is 1.44 bits per heavy atom. The average molecular weight is 239 g/mol. The lowest BCUT2D eigenvalue weighted by atomic mass is 9.83. The summed E-state index contributed by atoms with van der Waals surface area (Å²) in [7, 11) is 0. The number of nitrogens with one attached hydrogen (secondary N) is 1. The highest BCUT2D eigenvalue weighted by atomic mass is 35.5. The minimum absolute atomic E-state index is 0.636. The highest BCUT2D eigenvalue weighted by molar-refractivity contribution is 6.33. The minimum atomic E-state index is 0.636. The van der Waals surface area contributed by atoms with Gasteiger partial charge in [0.2, 0.25) is 0 Å². The summed E-state index contributed by atoms with van der Waals surface area (Å²) in [6.07, 6.45) is 5.49. The summed E-state index contributed by atoms with van der Waals surface area (Å²) in [5.74, 6) is 0.942. The van der Waals surface area contributed by atoms with E-state index in [9.17, 15) is 0 Å². The van der Waals surface area contributed by atoms with Gasteiger partial charge in [0.15, 0.2) is 0 Å². The Morgan fingerprint density at radius 3 is 2.81 bits per heavy atom. The monoisotopic (exact) mass is 238 g/mol. The van der Waals surface area contributed by atoms with Crippen LogP contribution in [0.3, 0.4) is 0 Å². The van der Waals surface area contributed by atoms with Crippen LogP contribution in [0, 0.1) is 12.8 Å². The van der Waals surface area contributed by atoms with Crippen LogP contribution in [0.25, 0.3) is 0 Å². The second-order valence-electron chi connectivity index (χ2n) is 4.70. The number of anilines is 2. The molecule has 0 atom stereocenters. The van der Waals surface area contributed by atoms with Gasteiger partial charge < -0.3 is 11.1 Å². The molecule has 0 radical (unpaired) electrons. The first-order valence-corrected chi connectivity index (χ1v) is 6.34. The maximum absolute atomic E-state index is 6.00. The number of aryl methyl sites for hydroxylation is 1. The normalized spacial score (nSPS) is 15.9. The summed E-state index contributed by atoms with van der Waals surface area (Å²) in [5.41, 5.74) is 8.67. The maximum atomic E-state index is 6.00. The summed E-state index contributed by atoms with van der Waals surface area (Å²) in [6, 6.07) is 3.85. The van der Waals surface area contributed by atoms with E-state index in [1.54, 1.807) is 0 Å². The van der Waals surface area contributed by atoms with Gasteiger partial charge >= 0.3 is 0 Å². The Morgan fingerprint density at radius 2 is 2.19 bits per heavy atom. The van der Waals surface area contributed by atoms with E-state index in [0.717, 1.165) is 23.7 Å². The quantitative estimate of drug-likeness (QED) is 0.783. The molecule has 0 spiro atoms. The molecule has 1 aromatic rings. The van der Waals surface area contributed by atoms with Crippen LogP contribution in [0.4, 0.5) is 11.4 Å². The van der Waals surface area contributed by atoms with E-state index >= 15 is 0 Å². The van der Waals surface area contributed by atoms with Crippen LogP contribution in [-0.2, 0) is 0 Å². The van der Waals surface area contributed by atoms with Crippen LogP contribution in [0.1, 0.15) is 31.2 Å². The Bertz CT molecular complexity index is 372. The fourth-order valence-corrected chi connectivity index (χ4v) is 2.25. The first-order valence-electron chi connectivity index (χ1n) is 5.96. The zero-order valence-corrected chi connectivity index (χ0v) is 10.5. The third-order valence-corrected chi connectivity index (χ3v) is 3.76. The van der Waals surface area contributed by atoms with Crippen LogP contribution in [0.2, 0.25) is 5.02 Å². The van der Waals surface area contributed by atoms with Crippen LogP contribution >= 0.6 is 11.6 Å². The predicted molar refractivity (Wildman–Crippen MR) is 71.0 cm³/mol. The number of hydrogen-bond donors (Lipinski definition) is 2. The van der Waals surface area contributed by atoms with Gasteiger partial charge in [0.05, 0.1) is 10.7 Å². The lowest BCUT2D eigenvalue weighted by Gasteiger charge is -2.25. The van der Waals surface area contributed by atoms with E-state index in [-0.39, 0.29) is 0 Å². The summed E-state index contributed by atoms with van der Waals surface area (Å²) < 4.78 is 0. The van der Waals surface area contributed by atoms with Crippen LogP contribution in [0.5, 0.6) is 0 Å². The van der Waals surface area contributed by atoms with E-state index in [1.165, 1.54) is 25.7 Å². The fraction of sp³-hybridized carbons (Fsp3) is 0.538. The Balaban J connectivity index is 1.90. The number of nitrogens with two attached hydrogens (primary N) is 1. The molecule has 2 rings (SSSR count). The molecule has 3 heteroatoms. The molecule has 88 valence electrons. The van der Waals surface area contributed by atoms with E-state index in [4.69, 9.17) is 17.3 Å². The first-order chi connectivity index (χ1) is 7.66. The van der Waals surface area contributed by atoms with Crippen LogP contribution in [0.15, 0.2) is 12.1 Å². The van der Waals surface area contributed by atoms with Gasteiger partial charge in [-0.15, -0.1) is 0 Å². The molecule has 0 aromatic heterocycles. The van der Waals surface area contributed by atoms with Crippen LogP contribution < -0.4 is 11.1 Å². The smallest absolute Gasteiger partial charge is 0.0656 e. The topological polar surface area (TPSA) is 38.0 Å². The fourth-order valence-electron chi connectivity index (χ4n) is 2.09. The first kappa shape index (κ1) is 11.6. The predicted octanol–water partition coefficient (Wildman–Crippen LogP) is 3.83. The van der Waals surface area contributed by atoms with Crippen molar-refractivity contribution in [3.63, 3.8) is 0 Å². The highest BCUT2D eigenvalue weighted by Gasteiger charge is 2.16. The summed E-state index contributed by atoms with van der Waals surface area (Å²) in [4.78, 5) is 0. The zero-order valence-electron chi connectivity index (χ0n) is 9.72. The van der Waals surface area contributed by atoms with Crippen molar-refractivity contribution in [2.45, 2.75) is 32.6 Å². The lowest BCUT2D eigenvalue weighted by Crippen LogP contribution is -2.15. The molecular weight excluding hydrogens is 220 g/mol. The third-order valence-electron chi connectivity index (χ3n) is 3.44. The van der Waals surface area contributed by atoms with Gasteiger partial charge in [0.1, 0.15) is 0 Å². The highest BCUT2D eigenvalue weighted by Crippen LogP contribution is 2.30. The van der Waals surface area contributed by atoms with E-state index in [2.05, 4.69) is 12.2 Å². The second-order valence-corrected chi connectivity index (χ2v) is 5.11. The van der Waals surface area contributed by atoms with Gasteiger partial charge in [0, 0.05) is 12.2 Å². The molecule has 3 N–H and O–H groups in total. The molecule has 0 bridgehead atoms. The molecule has 0 amide bonds. The van der Waals surface area contributed by atoms with Crippen molar-refractivity contribution in [3.8, 4) is 0 Å². The number of hydrogen-bond acceptors (Lipinski definition) is 2. The van der Waals surface area contributed by atoms with Crippen LogP contribution in [-0.4, -0.2) is 6.54 Å². The van der Waals surface area contributed by atoms with Crippen molar-refractivity contribution in [3.05, 3.63) is 22.7 Å². The van der Waals surface area contributed by atoms with Crippen molar-refractivity contribution in [2.75, 3.05) is 17.6 Å². The number of benzene rings is 1. The van der Waals surface area contributed by atoms with Gasteiger partial charge in [-0.2, -0.15) is 0 Å². The van der Waals surface area contributed by atoms with E-state index < -0.39 is 0 Å². The summed E-state index contributed by atoms with van der Waals surface area (Å²) in [6.45, 7) is 3.09. The maximum Gasteiger partial charge on any atom is 0.0656 e. The molecule has 0 aliphatic heterocycles. The van der Waals surface area contributed by atoms with Crippen molar-refractivity contribution >= 4 is 23.0 Å². The van der Waals surface area contributed by atoms with Crippen molar-refractivity contribution < 1.29 is 0 Å². The summed E-state index contributed by atoms with van der Waals surface area (Å²) in [5, 5.41) is 4.08. The Hall–Kier alpha value is -0.890. The molecule has 0 saturated heterocycles. The number of nitrogen functional groups attached to an aromatic ring is 1. The minimum Gasteiger partial charge on any atom is -0.398 e. The SMILES string of the molecule is Cc1cc(N)c(Cl)cc1NCCC1CCC1. The molecule has 1 saturated carbocycles. The Labute approximate surface area is 102 Å². The van der Waals surface area contributed by atoms with Gasteiger partial charge in [-0.1, -0.05) is 30.9 Å². The number of halogens is 1. The molecule has 0 unspecified atom stereocenters. The van der Waals surface area contributed by atoms with Gasteiger partial charge in [-0.25, -0.2) is 0 Å². The van der Waals surface area contributed by atoms with Crippen molar-refractivity contribution in [2.24, 2.45) is 5.92 Å². The van der Waals surface area contributed by atoms with Gasteiger partial charge in [0.25, 0.3) is 0 Å². The third kappa shape index (κ3) is 2.62. The molecule has 2 nitrogen and oxygen atoms in total. The molecule has 1 aliphatic carbocycles. The molecule has 1 aromatic carbocycles. The number of rotatable bonds is 4. The Kier molecular flexibility index (Phi) is 3.59. The largest absolute Gasteiger partial charge is 0.398 e. The van der Waals surface area contributed by atoms with Crippen molar-refractivity contribution in [1.82, 2.24) is 0 Å². The summed E-state index contributed by atoms with van der Waals surface area (Å²) >= 11 is 6.00. The van der Waals surface area contributed by atoms with E-state index in [0.29, 0.717) is 10.7 Å². The molecule has 1 aliphatic rings. The van der Waals surface area contributed by atoms with Crippen molar-refractivity contribution in [1.29, 1.82) is 0 Å².